The molecule has 0 spiro atoms. The number of likely N-dealkylation sites (tertiary alicyclic amines) is 1. The first kappa shape index (κ1) is 15.4. The molecule has 3 amide bonds. The van der Waals surface area contributed by atoms with Crippen molar-refractivity contribution in [2.75, 3.05) is 26.2 Å². The quantitative estimate of drug-likeness (QED) is 0.668. The smallest absolute Gasteiger partial charge is 0.306 e. The second-order valence-corrected chi connectivity index (χ2v) is 5.12. The van der Waals surface area contributed by atoms with E-state index >= 15 is 0 Å². The van der Waals surface area contributed by atoms with Gasteiger partial charge in [-0.3, -0.25) is 24.1 Å². The van der Waals surface area contributed by atoms with E-state index in [1.54, 1.807) is 0 Å². The summed E-state index contributed by atoms with van der Waals surface area (Å²) in [6, 6.07) is 0. The highest BCUT2D eigenvalue weighted by Crippen LogP contribution is 2.14. The van der Waals surface area contributed by atoms with Crippen molar-refractivity contribution in [2.24, 2.45) is 0 Å². The maximum atomic E-state index is 12.1. The van der Waals surface area contributed by atoms with Gasteiger partial charge in [0.1, 0.15) is 0 Å². The Balaban J connectivity index is 1.81. The Morgan fingerprint density at radius 3 is 2.52 bits per heavy atom. The number of hydrogen-bond acceptors (Lipinski definition) is 5. The van der Waals surface area contributed by atoms with Gasteiger partial charge in [-0.25, -0.2) is 0 Å². The number of ether oxygens (including phenoxy) is 1. The number of carbonyl (C=O) groups is 4. The molecule has 116 valence electrons. The van der Waals surface area contributed by atoms with Gasteiger partial charge in [0.2, 0.25) is 17.7 Å². The molecular weight excluding hydrogens is 280 g/mol. The molecule has 2 aliphatic rings. The van der Waals surface area contributed by atoms with Crippen LogP contribution in [0, 0.1) is 0 Å². The number of hydrogen-bond donors (Lipinski definition) is 1. The van der Waals surface area contributed by atoms with Gasteiger partial charge in [-0.15, -0.1) is 0 Å². The monoisotopic (exact) mass is 298 g/mol. The zero-order valence-electron chi connectivity index (χ0n) is 11.6. The van der Waals surface area contributed by atoms with E-state index in [1.807, 2.05) is 0 Å². The van der Waals surface area contributed by atoms with Crippen LogP contribution in [0.25, 0.3) is 0 Å². The van der Waals surface area contributed by atoms with Crippen LogP contribution in [-0.4, -0.2) is 70.9 Å². The Kier molecular flexibility index (Phi) is 4.89. The molecule has 8 nitrogen and oxygen atoms in total. The molecule has 0 aromatic carbocycles. The average Bonchev–Trinajstić information content (AvgIpc) is 2.75. The topological polar surface area (TPSA) is 104 Å². The molecule has 1 unspecified atom stereocenters. The van der Waals surface area contributed by atoms with E-state index in [4.69, 9.17) is 9.84 Å². The highest BCUT2D eigenvalue weighted by atomic mass is 16.5. The molecule has 1 N–H and O–H groups in total. The predicted molar refractivity (Wildman–Crippen MR) is 69.1 cm³/mol. The molecule has 0 aliphatic carbocycles. The van der Waals surface area contributed by atoms with E-state index in [2.05, 4.69) is 0 Å². The van der Waals surface area contributed by atoms with Gasteiger partial charge < -0.3 is 14.7 Å². The summed E-state index contributed by atoms with van der Waals surface area (Å²) >= 11 is 0. The van der Waals surface area contributed by atoms with Gasteiger partial charge in [0.15, 0.2) is 0 Å². The second-order valence-electron chi connectivity index (χ2n) is 5.12. The fourth-order valence-electron chi connectivity index (χ4n) is 2.50. The number of nitrogens with zero attached hydrogens (tertiary/aromatic N) is 2. The van der Waals surface area contributed by atoms with Crippen LogP contribution in [0.4, 0.5) is 0 Å². The van der Waals surface area contributed by atoms with Crippen LogP contribution < -0.4 is 0 Å². The number of amides is 3. The van der Waals surface area contributed by atoms with Crippen LogP contribution in [0.3, 0.4) is 0 Å². The molecule has 0 bridgehead atoms. The largest absolute Gasteiger partial charge is 0.481 e. The van der Waals surface area contributed by atoms with Crippen LogP contribution in [0.2, 0.25) is 0 Å². The van der Waals surface area contributed by atoms with Gasteiger partial charge in [-0.1, -0.05) is 0 Å². The summed E-state index contributed by atoms with van der Waals surface area (Å²) in [5, 5.41) is 8.73. The van der Waals surface area contributed by atoms with Crippen molar-refractivity contribution in [1.29, 1.82) is 0 Å². The normalized spacial score (nSPS) is 22.8. The van der Waals surface area contributed by atoms with Crippen LogP contribution in [0.5, 0.6) is 0 Å². The van der Waals surface area contributed by atoms with E-state index in [0.717, 1.165) is 4.90 Å². The highest BCUT2D eigenvalue weighted by Gasteiger charge is 2.30. The lowest BCUT2D eigenvalue weighted by atomic mass is 10.2. The van der Waals surface area contributed by atoms with Crippen LogP contribution in [-0.2, 0) is 23.9 Å². The maximum absolute atomic E-state index is 12.1. The molecule has 0 radical (unpaired) electrons. The minimum absolute atomic E-state index is 0.0667. The summed E-state index contributed by atoms with van der Waals surface area (Å²) in [6.07, 6.45) is -0.157. The zero-order valence-corrected chi connectivity index (χ0v) is 11.6. The number of carboxylic acid groups (broad SMARTS) is 1. The molecule has 21 heavy (non-hydrogen) atoms. The third kappa shape index (κ3) is 4.01. The van der Waals surface area contributed by atoms with Crippen LogP contribution >= 0.6 is 0 Å². The molecule has 2 heterocycles. The minimum atomic E-state index is -0.970. The van der Waals surface area contributed by atoms with E-state index in [9.17, 15) is 19.2 Å². The summed E-state index contributed by atoms with van der Waals surface area (Å²) in [5.41, 5.74) is 0. The Morgan fingerprint density at radius 1 is 1.24 bits per heavy atom. The fraction of sp³-hybridized carbons (Fsp3) is 0.692. The van der Waals surface area contributed by atoms with Crippen molar-refractivity contribution < 1.29 is 29.0 Å². The number of carbonyl (C=O) groups excluding carboxylic acids is 3. The first-order chi connectivity index (χ1) is 9.97. The molecular formula is C13H18N2O6. The molecule has 2 rings (SSSR count). The molecule has 0 aromatic rings. The van der Waals surface area contributed by atoms with Crippen LogP contribution in [0.1, 0.15) is 25.7 Å². The van der Waals surface area contributed by atoms with E-state index in [-0.39, 0.29) is 56.5 Å². The Morgan fingerprint density at radius 2 is 1.90 bits per heavy atom. The Labute approximate surface area is 121 Å². The average molecular weight is 298 g/mol. The molecule has 0 aromatic heterocycles. The highest BCUT2D eigenvalue weighted by molar-refractivity contribution is 6.02. The molecule has 2 saturated heterocycles. The standard InChI is InChI=1S/C13H18N2O6/c16-10(3-4-15-11(17)1-2-12(15)18)14-5-6-21-9(8-14)7-13(19)20/h9H,1-8H2,(H,19,20). The summed E-state index contributed by atoms with van der Waals surface area (Å²) in [6.45, 7) is 1.02. The lowest BCUT2D eigenvalue weighted by Crippen LogP contribution is -2.47. The van der Waals surface area contributed by atoms with Gasteiger partial charge in [-0.2, -0.15) is 0 Å². The number of rotatable bonds is 5. The molecule has 0 saturated carbocycles. The van der Waals surface area contributed by atoms with E-state index in [0.29, 0.717) is 13.2 Å². The third-order valence-electron chi connectivity index (χ3n) is 3.60. The predicted octanol–water partition coefficient (Wildman–Crippen LogP) is -0.772. The van der Waals surface area contributed by atoms with Gasteiger partial charge in [0.25, 0.3) is 0 Å². The van der Waals surface area contributed by atoms with Crippen molar-refractivity contribution in [3.05, 3.63) is 0 Å². The molecule has 2 aliphatic heterocycles. The van der Waals surface area contributed by atoms with Crippen molar-refractivity contribution >= 4 is 23.7 Å². The van der Waals surface area contributed by atoms with Gasteiger partial charge in [-0.05, 0) is 0 Å². The van der Waals surface area contributed by atoms with E-state index in [1.165, 1.54) is 4.90 Å². The maximum Gasteiger partial charge on any atom is 0.306 e. The minimum Gasteiger partial charge on any atom is -0.481 e. The first-order valence-corrected chi connectivity index (χ1v) is 6.91. The molecule has 8 heteroatoms. The number of carboxylic acids is 1. The molecule has 1 atom stereocenters. The Hall–Kier alpha value is -1.96. The van der Waals surface area contributed by atoms with Crippen LogP contribution in [0.15, 0.2) is 0 Å². The lowest BCUT2D eigenvalue weighted by molar-refractivity contribution is -0.148. The second kappa shape index (κ2) is 6.66. The summed E-state index contributed by atoms with van der Waals surface area (Å²) < 4.78 is 5.29. The number of morpholine rings is 1. The van der Waals surface area contributed by atoms with Crippen molar-refractivity contribution in [1.82, 2.24) is 9.80 Å². The lowest BCUT2D eigenvalue weighted by Gasteiger charge is -2.32. The van der Waals surface area contributed by atoms with Gasteiger partial charge in [0, 0.05) is 38.9 Å². The zero-order chi connectivity index (χ0) is 15.4. The summed E-state index contributed by atoms with van der Waals surface area (Å²) in [4.78, 5) is 48.3. The first-order valence-electron chi connectivity index (χ1n) is 6.91. The van der Waals surface area contributed by atoms with Crippen molar-refractivity contribution in [3.8, 4) is 0 Å². The van der Waals surface area contributed by atoms with Crippen molar-refractivity contribution in [2.45, 2.75) is 31.8 Å². The molecule has 2 fully saturated rings. The third-order valence-corrected chi connectivity index (χ3v) is 3.60. The number of imide groups is 1. The summed E-state index contributed by atoms with van der Waals surface area (Å²) in [5.74, 6) is -1.64. The van der Waals surface area contributed by atoms with Crippen molar-refractivity contribution in [3.63, 3.8) is 0 Å². The summed E-state index contributed by atoms with van der Waals surface area (Å²) in [7, 11) is 0. The Bertz CT molecular complexity index is 448. The fourth-order valence-corrected chi connectivity index (χ4v) is 2.50. The SMILES string of the molecule is O=C(O)CC1CN(C(=O)CCN2C(=O)CCC2=O)CCO1. The van der Waals surface area contributed by atoms with Gasteiger partial charge >= 0.3 is 5.97 Å². The van der Waals surface area contributed by atoms with Gasteiger partial charge in [0.05, 0.1) is 19.1 Å². The number of aliphatic carboxylic acids is 1. The van der Waals surface area contributed by atoms with E-state index < -0.39 is 12.1 Å².